The van der Waals surface area contributed by atoms with Crippen molar-refractivity contribution in [3.05, 3.63) is 107 Å². The first-order chi connectivity index (χ1) is 23.8. The van der Waals surface area contributed by atoms with Crippen molar-refractivity contribution < 1.29 is 36.3 Å². The number of carbonyl (C=O) groups is 3. The van der Waals surface area contributed by atoms with Crippen molar-refractivity contribution in [2.24, 2.45) is 5.73 Å². The van der Waals surface area contributed by atoms with Gasteiger partial charge in [-0.2, -0.15) is 0 Å². The van der Waals surface area contributed by atoms with Gasteiger partial charge in [-0.3, -0.25) is 24.1 Å². The molecule has 13 nitrogen and oxygen atoms in total. The number of urea groups is 1. The number of nitrogens with two attached hydrogens (primary N) is 1. The standard InChI is InChI=1S/C34H35F2N7O6S/c1-38-33(45)27-17-23(7-9-29(27)36)40-34(46)43(26-5-3-4-22(35)16-26)25-12-14-42(15-13-25)20-21-6-11-31(39-19-21)49-30-10-8-24(41-50(2,47)48)18-28(30)32(37)44/h3-11,16-19,25,41H,12-15,20H2,1-2H3,(H2,37,44)(H,38,45)(H,40,46). The number of nitrogens with one attached hydrogen (secondary N) is 3. The fourth-order valence-corrected chi connectivity index (χ4v) is 6.13. The number of sulfonamides is 1. The van der Waals surface area contributed by atoms with Gasteiger partial charge in [0.25, 0.3) is 11.8 Å². The molecular weight excluding hydrogens is 672 g/mol. The number of piperidine rings is 1. The number of primary amides is 1. The van der Waals surface area contributed by atoms with E-state index in [4.69, 9.17) is 10.5 Å². The number of likely N-dealkylation sites (tertiary alicyclic amines) is 1. The van der Waals surface area contributed by atoms with Gasteiger partial charge in [-0.05, 0) is 73.0 Å². The first kappa shape index (κ1) is 35.7. The van der Waals surface area contributed by atoms with Crippen molar-refractivity contribution in [3.8, 4) is 11.6 Å². The predicted molar refractivity (Wildman–Crippen MR) is 184 cm³/mol. The van der Waals surface area contributed by atoms with E-state index in [0.717, 1.165) is 17.9 Å². The van der Waals surface area contributed by atoms with Crippen LogP contribution in [0.1, 0.15) is 39.1 Å². The van der Waals surface area contributed by atoms with Crippen LogP contribution in [0.25, 0.3) is 0 Å². The molecule has 0 saturated carbocycles. The predicted octanol–water partition coefficient (Wildman–Crippen LogP) is 4.69. The highest BCUT2D eigenvalue weighted by molar-refractivity contribution is 7.92. The van der Waals surface area contributed by atoms with E-state index < -0.39 is 39.5 Å². The van der Waals surface area contributed by atoms with Gasteiger partial charge in [0.1, 0.15) is 17.4 Å². The molecule has 0 bridgehead atoms. The average molecular weight is 708 g/mol. The summed E-state index contributed by atoms with van der Waals surface area (Å²) in [6.07, 6.45) is 3.74. The summed E-state index contributed by atoms with van der Waals surface area (Å²) in [7, 11) is -2.19. The molecule has 0 spiro atoms. The number of rotatable bonds is 11. The lowest BCUT2D eigenvalue weighted by Gasteiger charge is -2.38. The molecule has 16 heteroatoms. The van der Waals surface area contributed by atoms with Crippen molar-refractivity contribution in [3.63, 3.8) is 0 Å². The van der Waals surface area contributed by atoms with Gasteiger partial charge in [0.15, 0.2) is 0 Å². The van der Waals surface area contributed by atoms with Crippen molar-refractivity contribution in [2.45, 2.75) is 25.4 Å². The highest BCUT2D eigenvalue weighted by Crippen LogP contribution is 2.29. The third kappa shape index (κ3) is 9.09. The van der Waals surface area contributed by atoms with E-state index in [9.17, 15) is 31.6 Å². The molecule has 1 saturated heterocycles. The second kappa shape index (κ2) is 15.3. The third-order valence-electron chi connectivity index (χ3n) is 7.88. The molecule has 4 aromatic rings. The average Bonchev–Trinajstić information content (AvgIpc) is 3.07. The van der Waals surface area contributed by atoms with Crippen LogP contribution in [-0.4, -0.2) is 68.6 Å². The Kier molecular flexibility index (Phi) is 10.9. The number of hydrogen-bond acceptors (Lipinski definition) is 8. The number of aromatic nitrogens is 1. The molecule has 0 atom stereocenters. The van der Waals surface area contributed by atoms with E-state index in [1.165, 1.54) is 60.5 Å². The number of halogens is 2. The van der Waals surface area contributed by atoms with Gasteiger partial charge in [-0.15, -0.1) is 0 Å². The van der Waals surface area contributed by atoms with Gasteiger partial charge in [-0.1, -0.05) is 12.1 Å². The quantitative estimate of drug-likeness (QED) is 0.174. The summed E-state index contributed by atoms with van der Waals surface area (Å²) >= 11 is 0. The van der Waals surface area contributed by atoms with Crippen LogP contribution < -0.4 is 30.7 Å². The second-order valence-electron chi connectivity index (χ2n) is 11.6. The van der Waals surface area contributed by atoms with E-state index in [0.29, 0.717) is 38.2 Å². The Hall–Kier alpha value is -5.61. The maximum Gasteiger partial charge on any atom is 0.326 e. The maximum absolute atomic E-state index is 14.3. The van der Waals surface area contributed by atoms with Crippen LogP contribution in [-0.2, 0) is 16.6 Å². The monoisotopic (exact) mass is 707 g/mol. The molecule has 4 amide bonds. The van der Waals surface area contributed by atoms with Crippen LogP contribution in [0, 0.1) is 11.6 Å². The van der Waals surface area contributed by atoms with Crippen molar-refractivity contribution in [1.82, 2.24) is 15.2 Å². The lowest BCUT2D eigenvalue weighted by molar-refractivity contribution is 0.0957. The summed E-state index contributed by atoms with van der Waals surface area (Å²) < 4.78 is 59.7. The van der Waals surface area contributed by atoms with Gasteiger partial charge in [0.05, 0.1) is 17.4 Å². The zero-order valence-corrected chi connectivity index (χ0v) is 28.0. The number of hydrogen-bond donors (Lipinski definition) is 4. The van der Waals surface area contributed by atoms with Crippen LogP contribution in [0.2, 0.25) is 0 Å². The molecule has 5 N–H and O–H groups in total. The minimum atomic E-state index is -3.57. The Balaban J connectivity index is 1.23. The summed E-state index contributed by atoms with van der Waals surface area (Å²) in [6, 6.07) is 16.1. The molecule has 0 radical (unpaired) electrons. The molecule has 262 valence electrons. The van der Waals surface area contributed by atoms with Gasteiger partial charge in [-0.25, -0.2) is 27.0 Å². The summed E-state index contributed by atoms with van der Waals surface area (Å²) in [5.74, 6) is -2.39. The van der Waals surface area contributed by atoms with Crippen LogP contribution in [0.5, 0.6) is 11.6 Å². The number of amides is 4. The number of pyridine rings is 1. The Morgan fingerprint density at radius 1 is 0.980 bits per heavy atom. The largest absolute Gasteiger partial charge is 0.438 e. The second-order valence-corrected chi connectivity index (χ2v) is 13.4. The number of carbonyl (C=O) groups excluding carboxylic acids is 3. The van der Waals surface area contributed by atoms with Gasteiger partial charge >= 0.3 is 6.03 Å². The van der Waals surface area contributed by atoms with E-state index in [1.807, 2.05) is 6.07 Å². The van der Waals surface area contributed by atoms with E-state index in [2.05, 4.69) is 25.2 Å². The molecule has 3 aromatic carbocycles. The summed E-state index contributed by atoms with van der Waals surface area (Å²) in [5, 5.41) is 5.09. The number of benzene rings is 3. The topological polar surface area (TPSA) is 176 Å². The normalized spacial score (nSPS) is 13.7. The lowest BCUT2D eigenvalue weighted by atomic mass is 10.0. The van der Waals surface area contributed by atoms with E-state index in [1.54, 1.807) is 18.3 Å². The number of ether oxygens (including phenoxy) is 1. The highest BCUT2D eigenvalue weighted by Gasteiger charge is 2.30. The van der Waals surface area contributed by atoms with Crippen LogP contribution in [0.3, 0.4) is 0 Å². The fourth-order valence-electron chi connectivity index (χ4n) is 5.58. The minimum absolute atomic E-state index is 0.0281. The maximum atomic E-state index is 14.3. The molecule has 5 rings (SSSR count). The molecule has 1 fully saturated rings. The van der Waals surface area contributed by atoms with Crippen LogP contribution in [0.15, 0.2) is 79.0 Å². The first-order valence-corrected chi connectivity index (χ1v) is 17.3. The molecule has 1 aliphatic heterocycles. The lowest BCUT2D eigenvalue weighted by Crippen LogP contribution is -2.49. The van der Waals surface area contributed by atoms with Gasteiger partial charge < -0.3 is 21.1 Å². The Labute approximate surface area is 287 Å². The Bertz CT molecular complexity index is 2010. The van der Waals surface area contributed by atoms with Crippen LogP contribution in [0.4, 0.5) is 30.6 Å². The van der Waals surface area contributed by atoms with Crippen molar-refractivity contribution in [2.75, 3.05) is 41.3 Å². The SMILES string of the molecule is CNC(=O)c1cc(NC(=O)N(c2cccc(F)c2)C2CCN(Cc3ccc(Oc4ccc(NS(C)(=O)=O)cc4C(N)=O)nc3)CC2)ccc1F. The number of anilines is 3. The molecular formula is C34H35F2N7O6S. The molecule has 50 heavy (non-hydrogen) atoms. The molecule has 0 aliphatic carbocycles. The Morgan fingerprint density at radius 2 is 1.70 bits per heavy atom. The van der Waals surface area contributed by atoms with Crippen LogP contribution >= 0.6 is 0 Å². The van der Waals surface area contributed by atoms with Gasteiger partial charge in [0, 0.05) is 62.0 Å². The zero-order chi connectivity index (χ0) is 36.0. The molecule has 2 heterocycles. The van der Waals surface area contributed by atoms with E-state index >= 15 is 0 Å². The fraction of sp³-hybridized carbons (Fsp3) is 0.235. The summed E-state index contributed by atoms with van der Waals surface area (Å²) in [6.45, 7) is 1.76. The first-order valence-electron chi connectivity index (χ1n) is 15.4. The van der Waals surface area contributed by atoms with E-state index in [-0.39, 0.29) is 40.2 Å². The number of nitrogens with zero attached hydrogens (tertiary/aromatic N) is 3. The van der Waals surface area contributed by atoms with Crippen molar-refractivity contribution in [1.29, 1.82) is 0 Å². The zero-order valence-electron chi connectivity index (χ0n) is 27.2. The van der Waals surface area contributed by atoms with Gasteiger partial charge in [0.2, 0.25) is 15.9 Å². The Morgan fingerprint density at radius 3 is 2.34 bits per heavy atom. The molecule has 1 aliphatic rings. The molecule has 0 unspecified atom stereocenters. The summed E-state index contributed by atoms with van der Waals surface area (Å²) in [5.41, 5.74) is 6.83. The van der Waals surface area contributed by atoms with Crippen molar-refractivity contribution >= 4 is 44.9 Å². The summed E-state index contributed by atoms with van der Waals surface area (Å²) in [4.78, 5) is 45.7. The highest BCUT2D eigenvalue weighted by atomic mass is 32.2. The third-order valence-corrected chi connectivity index (χ3v) is 8.49. The molecule has 1 aromatic heterocycles. The minimum Gasteiger partial charge on any atom is -0.438 e. The smallest absolute Gasteiger partial charge is 0.326 e.